The molecule has 0 radical (unpaired) electrons. The highest BCUT2D eigenvalue weighted by Gasteiger charge is 2.48. The Hall–Kier alpha value is -4.30. The number of cyclic esters (lactones) is 2. The maximum atomic E-state index is 13.8. The van der Waals surface area contributed by atoms with Gasteiger partial charge < -0.3 is 29.6 Å². The van der Waals surface area contributed by atoms with E-state index in [0.29, 0.717) is 22.9 Å². The van der Waals surface area contributed by atoms with Gasteiger partial charge in [-0.15, -0.1) is 0 Å². The number of epoxide rings is 1. The summed E-state index contributed by atoms with van der Waals surface area (Å²) in [4.78, 5) is 70.4. The Balaban J connectivity index is 1.31. The van der Waals surface area contributed by atoms with Gasteiger partial charge in [0.25, 0.3) is 0 Å². The summed E-state index contributed by atoms with van der Waals surface area (Å²) in [6.07, 6.45) is 1.12. The lowest BCUT2D eigenvalue weighted by atomic mass is 9.92. The lowest BCUT2D eigenvalue weighted by Gasteiger charge is -2.34. The minimum Gasteiger partial charge on any atom is -0.495 e. The molecule has 2 amide bonds. The van der Waals surface area contributed by atoms with E-state index in [9.17, 15) is 24.0 Å². The van der Waals surface area contributed by atoms with Crippen molar-refractivity contribution in [2.24, 2.45) is 17.3 Å². The molecule has 0 spiro atoms. The number of rotatable bonds is 12. The molecule has 316 valence electrons. The van der Waals surface area contributed by atoms with Crippen LogP contribution in [0.3, 0.4) is 0 Å². The van der Waals surface area contributed by atoms with Gasteiger partial charge in [-0.2, -0.15) is 0 Å². The van der Waals surface area contributed by atoms with Gasteiger partial charge in [0.2, 0.25) is 11.8 Å². The number of piperazine rings is 1. The number of hydrogen-bond acceptors (Lipinski definition) is 11. The van der Waals surface area contributed by atoms with Crippen LogP contribution in [0.4, 0.5) is 0 Å². The minimum absolute atomic E-state index is 0.000831. The lowest BCUT2D eigenvalue weighted by molar-refractivity contribution is -0.179. The summed E-state index contributed by atoms with van der Waals surface area (Å²) in [6, 6.07) is 12.5. The van der Waals surface area contributed by atoms with Crippen molar-refractivity contribution in [1.82, 2.24) is 20.4 Å². The van der Waals surface area contributed by atoms with Crippen LogP contribution in [0.25, 0.3) is 0 Å². The largest absolute Gasteiger partial charge is 0.495 e. The molecule has 5 rings (SSSR count). The number of amides is 2. The van der Waals surface area contributed by atoms with Gasteiger partial charge in [-0.05, 0) is 68.0 Å². The van der Waals surface area contributed by atoms with Gasteiger partial charge in [0.05, 0.1) is 30.2 Å². The van der Waals surface area contributed by atoms with Crippen LogP contribution in [0, 0.1) is 17.3 Å². The molecule has 2 fully saturated rings. The van der Waals surface area contributed by atoms with E-state index in [1.807, 2.05) is 20.8 Å². The number of methoxy groups -OCH3 is 1. The van der Waals surface area contributed by atoms with E-state index in [0.717, 1.165) is 38.3 Å². The summed E-state index contributed by atoms with van der Waals surface area (Å²) in [7, 11) is 1.51. The van der Waals surface area contributed by atoms with Crippen molar-refractivity contribution in [3.63, 3.8) is 0 Å². The number of ether oxygens (including phenoxy) is 4. The number of ketones is 1. The quantitative estimate of drug-likeness (QED) is 0.224. The highest BCUT2D eigenvalue weighted by molar-refractivity contribution is 6.32. The van der Waals surface area contributed by atoms with Crippen LogP contribution in [0.15, 0.2) is 54.6 Å². The van der Waals surface area contributed by atoms with Gasteiger partial charge in [-0.25, -0.2) is 4.79 Å². The van der Waals surface area contributed by atoms with Crippen molar-refractivity contribution in [1.29, 1.82) is 0 Å². The second-order valence-corrected chi connectivity index (χ2v) is 17.3. The first-order chi connectivity index (χ1) is 27.5. The number of carbonyl (C=O) groups is 5. The van der Waals surface area contributed by atoms with E-state index in [1.54, 1.807) is 45.0 Å². The van der Waals surface area contributed by atoms with Crippen LogP contribution in [-0.2, 0) is 51.1 Å². The molecule has 0 saturated carbocycles. The summed E-state index contributed by atoms with van der Waals surface area (Å²) in [5, 5.41) is 5.94. The zero-order valence-electron chi connectivity index (χ0n) is 34.8. The first-order valence-electron chi connectivity index (χ1n) is 20.2. The van der Waals surface area contributed by atoms with Crippen LogP contribution >= 0.6 is 11.6 Å². The first kappa shape index (κ1) is 44.8. The van der Waals surface area contributed by atoms with Gasteiger partial charge in [-0.3, -0.25) is 29.0 Å². The molecule has 3 heterocycles. The number of esters is 2. The Morgan fingerprint density at radius 3 is 2.28 bits per heavy atom. The fourth-order valence-electron chi connectivity index (χ4n) is 7.31. The molecule has 14 heteroatoms. The fraction of sp³-hybridized carbons (Fsp3) is 0.568. The predicted octanol–water partition coefficient (Wildman–Crippen LogP) is 4.83. The van der Waals surface area contributed by atoms with Crippen molar-refractivity contribution in [2.75, 3.05) is 46.4 Å². The number of hydrogen-bond donors (Lipinski definition) is 2. The topological polar surface area (TPSA) is 156 Å². The summed E-state index contributed by atoms with van der Waals surface area (Å²) >= 11 is 6.36. The van der Waals surface area contributed by atoms with Crippen molar-refractivity contribution in [3.8, 4) is 5.75 Å². The van der Waals surface area contributed by atoms with Gasteiger partial charge in [0, 0.05) is 58.0 Å². The molecule has 6 atom stereocenters. The number of benzene rings is 2. The Kier molecular flexibility index (Phi) is 15.5. The van der Waals surface area contributed by atoms with E-state index in [1.165, 1.54) is 18.7 Å². The molecule has 2 aromatic carbocycles. The Morgan fingerprint density at radius 1 is 0.966 bits per heavy atom. The monoisotopic (exact) mass is 822 g/mol. The second-order valence-electron chi connectivity index (χ2n) is 16.8. The summed E-state index contributed by atoms with van der Waals surface area (Å²) < 4.78 is 23.5. The third kappa shape index (κ3) is 12.6. The van der Waals surface area contributed by atoms with Crippen LogP contribution in [0.5, 0.6) is 5.75 Å². The molecule has 0 unspecified atom stereocenters. The maximum absolute atomic E-state index is 13.8. The molecule has 13 nitrogen and oxygen atoms in total. The van der Waals surface area contributed by atoms with E-state index >= 15 is 0 Å². The Labute approximate surface area is 347 Å². The molecule has 3 aliphatic rings. The van der Waals surface area contributed by atoms with Crippen molar-refractivity contribution in [3.05, 3.63) is 76.3 Å². The van der Waals surface area contributed by atoms with Crippen molar-refractivity contribution < 1.29 is 42.9 Å². The molecule has 0 aromatic heterocycles. The number of carbonyl (C=O) groups excluding carboxylic acids is 5. The van der Waals surface area contributed by atoms with Crippen LogP contribution < -0.4 is 15.4 Å². The lowest BCUT2D eigenvalue weighted by Crippen LogP contribution is -2.51. The van der Waals surface area contributed by atoms with Crippen molar-refractivity contribution in [2.45, 2.75) is 97.8 Å². The third-order valence-electron chi connectivity index (χ3n) is 10.9. The van der Waals surface area contributed by atoms with Gasteiger partial charge >= 0.3 is 11.9 Å². The Morgan fingerprint density at radius 2 is 1.64 bits per heavy atom. The number of halogens is 1. The number of Topliss-reactive ketones (excluding diaryl/α,β-unsaturated/α-hetero) is 1. The average Bonchev–Trinajstić information content (AvgIpc) is 3.97. The maximum Gasteiger partial charge on any atom is 0.347 e. The summed E-state index contributed by atoms with van der Waals surface area (Å²) in [6.45, 7) is 15.4. The highest BCUT2D eigenvalue weighted by atomic mass is 35.5. The minimum atomic E-state index is -1.22. The molecule has 0 bridgehead atoms. The smallest absolute Gasteiger partial charge is 0.347 e. The van der Waals surface area contributed by atoms with Crippen LogP contribution in [0.1, 0.15) is 77.2 Å². The zero-order chi connectivity index (χ0) is 42.1. The predicted molar refractivity (Wildman–Crippen MR) is 219 cm³/mol. The highest BCUT2D eigenvalue weighted by Crippen LogP contribution is 2.45. The zero-order valence-corrected chi connectivity index (χ0v) is 35.5. The van der Waals surface area contributed by atoms with E-state index in [4.69, 9.17) is 30.5 Å². The first-order valence-corrected chi connectivity index (χ1v) is 20.6. The SMILES string of the molecule is COc1ccc(C[C@H]2NC(=O)/C=C/C[C@@H]([C@H](C)[C@H]3O[C@@H]3c3ccc(CN4CCN(CC(C)=O)CC4)cc3)OC(=O)[C@H](CC(C)C)OC(=O)C(C)(C)CNC2=O)cc1Cl. The normalized spacial score (nSPS) is 26.2. The summed E-state index contributed by atoms with van der Waals surface area (Å²) in [5.74, 6) is -1.99. The van der Waals surface area contributed by atoms with Gasteiger partial charge in [0.1, 0.15) is 29.8 Å². The molecule has 2 N–H and O–H groups in total. The molecule has 58 heavy (non-hydrogen) atoms. The molecule has 2 saturated heterocycles. The Bertz CT molecular complexity index is 1810. The molecule has 3 aliphatic heterocycles. The van der Waals surface area contributed by atoms with E-state index in [2.05, 4.69) is 44.7 Å². The van der Waals surface area contributed by atoms with Crippen LogP contribution in [0.2, 0.25) is 5.02 Å². The number of nitrogens with zero attached hydrogens (tertiary/aromatic N) is 2. The number of nitrogens with one attached hydrogen (secondary N) is 2. The molecular weight excluding hydrogens is 764 g/mol. The van der Waals surface area contributed by atoms with Crippen molar-refractivity contribution >= 4 is 41.1 Å². The molecule has 0 aliphatic carbocycles. The summed E-state index contributed by atoms with van der Waals surface area (Å²) in [5.41, 5.74) is 1.67. The molecular formula is C44H59ClN4O9. The third-order valence-corrected chi connectivity index (χ3v) is 11.2. The fourth-order valence-corrected chi connectivity index (χ4v) is 7.59. The van der Waals surface area contributed by atoms with E-state index < -0.39 is 47.4 Å². The molecule has 2 aromatic rings. The van der Waals surface area contributed by atoms with Gasteiger partial charge in [-0.1, -0.05) is 68.8 Å². The average molecular weight is 823 g/mol. The standard InChI is InChI=1S/C44H59ClN4O9/c1-27(2)21-37-42(53)56-35(29(4)39-40(58-39)32-14-11-30(12-15-32)25-49-19-17-48(18-20-49)24-28(3)50)9-8-10-38(51)47-34(23-31-13-16-36(55-7)33(45)22-31)41(52)46-26-44(5,6)43(54)57-37/h8,10-16,22,27,29,34-35,37,39-40H,9,17-21,23-26H2,1-7H3,(H,46,52)(H,47,51)/b10-8+/t29-,34+,35-,37-,39+,40+/m0/s1. The van der Waals surface area contributed by atoms with E-state index in [-0.39, 0.29) is 55.6 Å². The second kappa shape index (κ2) is 20.1. The van der Waals surface area contributed by atoms with Crippen LogP contribution in [-0.4, -0.2) is 110 Å². The van der Waals surface area contributed by atoms with Gasteiger partial charge in [0.15, 0.2) is 6.10 Å².